The number of carbonyl (C=O) groups excluding carboxylic acids is 1. The highest BCUT2D eigenvalue weighted by atomic mass is 79.9. The molecule has 20 heavy (non-hydrogen) atoms. The Morgan fingerprint density at radius 2 is 2.10 bits per heavy atom. The maximum absolute atomic E-state index is 12.6. The predicted molar refractivity (Wildman–Crippen MR) is 81.5 cm³/mol. The number of halogens is 2. The molecule has 0 atom stereocenters. The third-order valence-electron chi connectivity index (χ3n) is 3.00. The van der Waals surface area contributed by atoms with Crippen LogP contribution in [0.3, 0.4) is 0 Å². The summed E-state index contributed by atoms with van der Waals surface area (Å²) < 4.78 is 17.4. The molecule has 1 N–H and O–H groups in total. The molecule has 0 radical (unpaired) electrons. The lowest BCUT2D eigenvalue weighted by atomic mass is 10.3. The lowest BCUT2D eigenvalue weighted by Crippen LogP contribution is -2.17. The number of amides is 1. The zero-order valence-electron chi connectivity index (χ0n) is 11.8. The molecule has 0 spiro atoms. The van der Waals surface area contributed by atoms with Gasteiger partial charge in [0.15, 0.2) is 0 Å². The highest BCUT2D eigenvalue weighted by Gasteiger charge is 2.07. The summed E-state index contributed by atoms with van der Waals surface area (Å²) in [5.41, 5.74) is 0.466. The summed E-state index contributed by atoms with van der Waals surface area (Å²) in [6.45, 7) is 6.16. The van der Waals surface area contributed by atoms with E-state index in [1.807, 2.05) is 0 Å². The molecule has 1 aliphatic heterocycles. The first-order valence-electron chi connectivity index (χ1n) is 6.59. The van der Waals surface area contributed by atoms with Gasteiger partial charge in [0.25, 0.3) is 0 Å². The minimum atomic E-state index is -0.590. The van der Waals surface area contributed by atoms with Crippen LogP contribution in [-0.2, 0) is 4.74 Å². The van der Waals surface area contributed by atoms with E-state index in [1.165, 1.54) is 57.8 Å². The number of carbonyl (C=O) groups is 1. The van der Waals surface area contributed by atoms with Crippen molar-refractivity contribution in [2.45, 2.75) is 19.8 Å². The van der Waals surface area contributed by atoms with E-state index in [0.29, 0.717) is 10.2 Å². The van der Waals surface area contributed by atoms with Crippen molar-refractivity contribution in [1.82, 2.24) is 4.90 Å². The molecule has 1 aromatic rings. The highest BCUT2D eigenvalue weighted by Crippen LogP contribution is 2.22. The summed E-state index contributed by atoms with van der Waals surface area (Å²) in [5.74, 6) is -0.373. The summed E-state index contributed by atoms with van der Waals surface area (Å²) in [4.78, 5) is 13.3. The van der Waals surface area contributed by atoms with Gasteiger partial charge in [-0.25, -0.2) is 9.18 Å². The molecular formula is C14H20BrFN2O2. The SMILES string of the molecule is CCN1CCCC1.COC(=O)Nc1ccc(F)cc1Br. The molecule has 1 aromatic carbocycles. The third-order valence-corrected chi connectivity index (χ3v) is 3.66. The fourth-order valence-electron chi connectivity index (χ4n) is 1.85. The highest BCUT2D eigenvalue weighted by molar-refractivity contribution is 9.10. The van der Waals surface area contributed by atoms with Gasteiger partial charge in [-0.15, -0.1) is 0 Å². The first-order chi connectivity index (χ1) is 9.56. The van der Waals surface area contributed by atoms with E-state index in [0.717, 1.165) is 0 Å². The van der Waals surface area contributed by atoms with Crippen molar-refractivity contribution in [1.29, 1.82) is 0 Å². The van der Waals surface area contributed by atoms with Crippen molar-refractivity contribution >= 4 is 27.7 Å². The predicted octanol–water partition coefficient (Wildman–Crippen LogP) is 3.87. The normalized spacial score (nSPS) is 14.4. The molecule has 1 fully saturated rings. The van der Waals surface area contributed by atoms with Crippen molar-refractivity contribution < 1.29 is 13.9 Å². The first-order valence-corrected chi connectivity index (χ1v) is 7.38. The van der Waals surface area contributed by atoms with Crippen LogP contribution in [-0.4, -0.2) is 37.7 Å². The Hall–Kier alpha value is -1.14. The van der Waals surface area contributed by atoms with Crippen molar-refractivity contribution in [3.63, 3.8) is 0 Å². The second-order valence-electron chi connectivity index (χ2n) is 4.38. The van der Waals surface area contributed by atoms with Gasteiger partial charge in [0.1, 0.15) is 5.82 Å². The van der Waals surface area contributed by atoms with Crippen LogP contribution in [0.4, 0.5) is 14.9 Å². The van der Waals surface area contributed by atoms with E-state index in [4.69, 9.17) is 0 Å². The largest absolute Gasteiger partial charge is 0.453 e. The molecule has 112 valence electrons. The maximum Gasteiger partial charge on any atom is 0.411 e. The van der Waals surface area contributed by atoms with Crippen LogP contribution in [0, 0.1) is 5.82 Å². The van der Waals surface area contributed by atoms with Crippen LogP contribution in [0.25, 0.3) is 0 Å². The molecule has 0 aromatic heterocycles. The van der Waals surface area contributed by atoms with Gasteiger partial charge in [-0.05, 0) is 66.6 Å². The zero-order valence-corrected chi connectivity index (χ0v) is 13.4. The number of likely N-dealkylation sites (tertiary alicyclic amines) is 1. The Balaban J connectivity index is 0.000000240. The number of ether oxygens (including phenoxy) is 1. The fraction of sp³-hybridized carbons (Fsp3) is 0.500. The van der Waals surface area contributed by atoms with Crippen LogP contribution in [0.1, 0.15) is 19.8 Å². The quantitative estimate of drug-likeness (QED) is 0.883. The van der Waals surface area contributed by atoms with Crippen LogP contribution in [0.15, 0.2) is 22.7 Å². The standard InChI is InChI=1S/C8H7BrFNO2.C6H13N/c1-13-8(12)11-7-3-2-5(10)4-6(7)9;1-2-7-5-3-4-6-7/h2-4H,1H3,(H,11,12);2-6H2,1H3. The zero-order chi connectivity index (χ0) is 15.0. The third kappa shape index (κ3) is 5.88. The Labute approximate surface area is 127 Å². The molecule has 0 unspecified atom stereocenters. The molecule has 0 bridgehead atoms. The molecule has 1 amide bonds. The number of hydrogen-bond donors (Lipinski definition) is 1. The van der Waals surface area contributed by atoms with E-state index in [9.17, 15) is 9.18 Å². The number of anilines is 1. The van der Waals surface area contributed by atoms with Crippen molar-refractivity contribution in [2.24, 2.45) is 0 Å². The Kier molecular flexibility index (Phi) is 7.54. The molecule has 0 saturated carbocycles. The Morgan fingerprint density at radius 3 is 2.55 bits per heavy atom. The molecule has 1 heterocycles. The number of benzene rings is 1. The second kappa shape index (κ2) is 8.92. The average molecular weight is 347 g/mol. The smallest absolute Gasteiger partial charge is 0.411 e. The van der Waals surface area contributed by atoms with Gasteiger partial charge in [0, 0.05) is 4.47 Å². The summed E-state index contributed by atoms with van der Waals surface area (Å²) in [6, 6.07) is 3.94. The van der Waals surface area contributed by atoms with Gasteiger partial charge in [-0.3, -0.25) is 5.32 Å². The number of hydrogen-bond acceptors (Lipinski definition) is 3. The van der Waals surface area contributed by atoms with Gasteiger partial charge >= 0.3 is 6.09 Å². The van der Waals surface area contributed by atoms with Crippen LogP contribution in [0.5, 0.6) is 0 Å². The molecular weight excluding hydrogens is 327 g/mol. The molecule has 6 heteroatoms. The summed E-state index contributed by atoms with van der Waals surface area (Å²) in [5, 5.41) is 2.41. The maximum atomic E-state index is 12.6. The van der Waals surface area contributed by atoms with E-state index < -0.39 is 6.09 Å². The number of methoxy groups -OCH3 is 1. The van der Waals surface area contributed by atoms with Gasteiger partial charge in [0.05, 0.1) is 12.8 Å². The van der Waals surface area contributed by atoms with E-state index in [-0.39, 0.29) is 5.82 Å². The minimum Gasteiger partial charge on any atom is -0.453 e. The minimum absolute atomic E-state index is 0.373. The average Bonchev–Trinajstić information content (AvgIpc) is 2.96. The lowest BCUT2D eigenvalue weighted by molar-refractivity contribution is 0.187. The van der Waals surface area contributed by atoms with Gasteiger partial charge in [-0.2, -0.15) is 0 Å². The van der Waals surface area contributed by atoms with Gasteiger partial charge < -0.3 is 9.64 Å². The number of nitrogens with zero attached hydrogens (tertiary/aromatic N) is 1. The van der Waals surface area contributed by atoms with E-state index in [2.05, 4.69) is 37.8 Å². The van der Waals surface area contributed by atoms with Crippen LogP contribution >= 0.6 is 15.9 Å². The number of nitrogens with one attached hydrogen (secondary N) is 1. The Morgan fingerprint density at radius 1 is 1.45 bits per heavy atom. The molecule has 1 saturated heterocycles. The van der Waals surface area contributed by atoms with Crippen LogP contribution in [0.2, 0.25) is 0 Å². The van der Waals surface area contributed by atoms with E-state index in [1.54, 1.807) is 0 Å². The summed E-state index contributed by atoms with van der Waals surface area (Å²) in [6.07, 6.45) is 2.26. The van der Waals surface area contributed by atoms with Crippen molar-refractivity contribution in [3.8, 4) is 0 Å². The number of rotatable bonds is 2. The summed E-state index contributed by atoms with van der Waals surface area (Å²) >= 11 is 3.09. The molecule has 4 nitrogen and oxygen atoms in total. The van der Waals surface area contributed by atoms with Crippen molar-refractivity contribution in [2.75, 3.05) is 32.1 Å². The van der Waals surface area contributed by atoms with E-state index >= 15 is 0 Å². The van der Waals surface area contributed by atoms with Crippen LogP contribution < -0.4 is 5.32 Å². The summed E-state index contributed by atoms with van der Waals surface area (Å²) in [7, 11) is 1.26. The van der Waals surface area contributed by atoms with Gasteiger partial charge in [-0.1, -0.05) is 6.92 Å². The monoisotopic (exact) mass is 346 g/mol. The second-order valence-corrected chi connectivity index (χ2v) is 5.24. The molecule has 0 aliphatic carbocycles. The topological polar surface area (TPSA) is 41.6 Å². The first kappa shape index (κ1) is 16.9. The van der Waals surface area contributed by atoms with Gasteiger partial charge in [0.2, 0.25) is 0 Å². The van der Waals surface area contributed by atoms with Crippen molar-refractivity contribution in [3.05, 3.63) is 28.5 Å². The Bertz CT molecular complexity index is 437. The fourth-order valence-corrected chi connectivity index (χ4v) is 2.30. The molecule has 1 aliphatic rings. The lowest BCUT2D eigenvalue weighted by Gasteiger charge is -2.08. The molecule has 2 rings (SSSR count).